The smallest absolute Gasteiger partial charge is 0.338 e. The van der Waals surface area contributed by atoms with Crippen LogP contribution < -0.4 is 19.6 Å². The number of hydrogen-bond donors (Lipinski definition) is 1. The first kappa shape index (κ1) is 23.6. The third-order valence-electron chi connectivity index (χ3n) is 6.14. The lowest BCUT2D eigenvalue weighted by Gasteiger charge is -2.25. The number of ether oxygens (including phenoxy) is 2. The summed E-state index contributed by atoms with van der Waals surface area (Å²) in [4.78, 5) is 32.1. The number of allylic oxidation sites excluding steroid dienone is 1. The molecule has 1 aliphatic heterocycles. The molecule has 1 atom stereocenters. The molecule has 0 saturated heterocycles. The molecule has 1 aliphatic rings. The standard InChI is InChI=1S/C28H24N2O5S/c1-4-35-27(33)24-16(2)29-28-30(25(24)20-11-7-9-18-8-5-6-10-19(18)20)26(32)23(36-28)15-17-12-13-21(31)22(14-17)34-3/h5-15,25,31H,4H2,1-3H3/b23-15-/t25-/m1/s1. The first-order valence-corrected chi connectivity index (χ1v) is 12.3. The summed E-state index contributed by atoms with van der Waals surface area (Å²) < 4.78 is 12.6. The van der Waals surface area contributed by atoms with Gasteiger partial charge in [0.1, 0.15) is 0 Å². The summed E-state index contributed by atoms with van der Waals surface area (Å²) in [5.74, 6) is -0.165. The van der Waals surface area contributed by atoms with Gasteiger partial charge in [-0.3, -0.25) is 9.36 Å². The van der Waals surface area contributed by atoms with E-state index in [2.05, 4.69) is 4.99 Å². The van der Waals surface area contributed by atoms with Crippen molar-refractivity contribution >= 4 is 34.2 Å². The van der Waals surface area contributed by atoms with Crippen molar-refractivity contribution in [2.75, 3.05) is 13.7 Å². The Hall–Kier alpha value is -4.17. The number of fused-ring (bicyclic) bond motifs is 2. The molecule has 1 aromatic heterocycles. The molecule has 5 rings (SSSR count). The summed E-state index contributed by atoms with van der Waals surface area (Å²) in [6.07, 6.45) is 1.73. The SMILES string of the molecule is CCOC(=O)C1=C(C)N=c2s/c(=C\c3ccc(O)c(OC)c3)c(=O)n2[C@@H]1c1cccc2ccccc12. The maximum absolute atomic E-state index is 13.8. The molecule has 1 N–H and O–H groups in total. The Bertz CT molecular complexity index is 1710. The van der Waals surface area contributed by atoms with E-state index >= 15 is 0 Å². The van der Waals surface area contributed by atoms with Gasteiger partial charge in [-0.25, -0.2) is 9.79 Å². The monoisotopic (exact) mass is 500 g/mol. The molecule has 182 valence electrons. The number of rotatable bonds is 5. The number of hydrogen-bond acceptors (Lipinski definition) is 7. The molecule has 4 aromatic rings. The Kier molecular flexibility index (Phi) is 6.20. The molecule has 0 unspecified atom stereocenters. The Labute approximate surface area is 210 Å². The van der Waals surface area contributed by atoms with Crippen LogP contribution in [0.1, 0.15) is 31.0 Å². The highest BCUT2D eigenvalue weighted by Gasteiger charge is 2.34. The van der Waals surface area contributed by atoms with E-state index < -0.39 is 12.0 Å². The van der Waals surface area contributed by atoms with Crippen LogP contribution in [0.3, 0.4) is 0 Å². The van der Waals surface area contributed by atoms with Crippen LogP contribution >= 0.6 is 11.3 Å². The number of esters is 1. The van der Waals surface area contributed by atoms with Crippen LogP contribution in [0, 0.1) is 0 Å². The van der Waals surface area contributed by atoms with E-state index in [9.17, 15) is 14.7 Å². The first-order chi connectivity index (χ1) is 17.4. The molecule has 0 fully saturated rings. The second-order valence-corrected chi connectivity index (χ2v) is 9.31. The number of carbonyl (C=O) groups is 1. The molecule has 36 heavy (non-hydrogen) atoms. The Morgan fingerprint density at radius 2 is 1.94 bits per heavy atom. The summed E-state index contributed by atoms with van der Waals surface area (Å²) >= 11 is 1.25. The zero-order chi connectivity index (χ0) is 25.4. The van der Waals surface area contributed by atoms with E-state index in [-0.39, 0.29) is 17.9 Å². The van der Waals surface area contributed by atoms with E-state index in [0.29, 0.717) is 31.9 Å². The van der Waals surface area contributed by atoms with Crippen molar-refractivity contribution in [2.24, 2.45) is 4.99 Å². The predicted octanol–water partition coefficient (Wildman–Crippen LogP) is 3.67. The molecule has 7 nitrogen and oxygen atoms in total. The van der Waals surface area contributed by atoms with Gasteiger partial charge in [-0.05, 0) is 54.0 Å². The highest BCUT2D eigenvalue weighted by molar-refractivity contribution is 7.07. The summed E-state index contributed by atoms with van der Waals surface area (Å²) in [6, 6.07) is 17.9. The summed E-state index contributed by atoms with van der Waals surface area (Å²) in [5.41, 5.74) is 2.12. The van der Waals surface area contributed by atoms with Crippen LogP contribution in [0.2, 0.25) is 0 Å². The van der Waals surface area contributed by atoms with E-state index in [4.69, 9.17) is 9.47 Å². The fourth-order valence-corrected chi connectivity index (χ4v) is 5.56. The summed E-state index contributed by atoms with van der Waals surface area (Å²) in [5, 5.41) is 11.9. The fourth-order valence-electron chi connectivity index (χ4n) is 4.51. The molecule has 3 aromatic carbocycles. The van der Waals surface area contributed by atoms with Crippen LogP contribution in [0.15, 0.2) is 81.7 Å². The highest BCUT2D eigenvalue weighted by atomic mass is 32.1. The van der Waals surface area contributed by atoms with E-state index in [1.807, 2.05) is 42.5 Å². The zero-order valence-electron chi connectivity index (χ0n) is 20.0. The number of benzene rings is 3. The molecule has 0 amide bonds. The number of aromatic nitrogens is 1. The molecular weight excluding hydrogens is 476 g/mol. The molecule has 0 spiro atoms. The fraction of sp³-hybridized carbons (Fsp3) is 0.179. The van der Waals surface area contributed by atoms with Gasteiger partial charge in [0.25, 0.3) is 5.56 Å². The minimum atomic E-state index is -0.692. The maximum atomic E-state index is 13.8. The molecule has 0 bridgehead atoms. The Morgan fingerprint density at radius 1 is 1.17 bits per heavy atom. The normalized spacial score (nSPS) is 15.5. The van der Waals surface area contributed by atoms with Gasteiger partial charge in [0.05, 0.1) is 35.6 Å². The lowest BCUT2D eigenvalue weighted by molar-refractivity contribution is -0.139. The van der Waals surface area contributed by atoms with Crippen LogP contribution in [0.5, 0.6) is 11.5 Å². The lowest BCUT2D eigenvalue weighted by Crippen LogP contribution is -2.40. The Morgan fingerprint density at radius 3 is 2.72 bits per heavy atom. The van der Waals surface area contributed by atoms with Gasteiger partial charge in [0.15, 0.2) is 16.3 Å². The van der Waals surface area contributed by atoms with Crippen LogP contribution in [-0.2, 0) is 9.53 Å². The van der Waals surface area contributed by atoms with Crippen molar-refractivity contribution in [1.82, 2.24) is 4.57 Å². The molecular formula is C28H24N2O5S. The van der Waals surface area contributed by atoms with Gasteiger partial charge in [0.2, 0.25) is 0 Å². The quantitative estimate of drug-likeness (QED) is 0.423. The van der Waals surface area contributed by atoms with Gasteiger partial charge in [-0.2, -0.15) is 0 Å². The van der Waals surface area contributed by atoms with Crippen molar-refractivity contribution in [3.63, 3.8) is 0 Å². The average molecular weight is 501 g/mol. The van der Waals surface area contributed by atoms with Crippen molar-refractivity contribution in [1.29, 1.82) is 0 Å². The van der Waals surface area contributed by atoms with Gasteiger partial charge < -0.3 is 14.6 Å². The minimum Gasteiger partial charge on any atom is -0.504 e. The molecule has 0 saturated carbocycles. The molecule has 0 radical (unpaired) electrons. The third-order valence-corrected chi connectivity index (χ3v) is 7.12. The molecule has 8 heteroatoms. The number of phenols is 1. The summed E-state index contributed by atoms with van der Waals surface area (Å²) in [7, 11) is 1.47. The number of carbonyl (C=O) groups excluding carboxylic acids is 1. The van der Waals surface area contributed by atoms with Gasteiger partial charge in [-0.1, -0.05) is 59.9 Å². The van der Waals surface area contributed by atoms with E-state index in [0.717, 1.165) is 16.3 Å². The summed E-state index contributed by atoms with van der Waals surface area (Å²) in [6.45, 7) is 3.74. The first-order valence-electron chi connectivity index (χ1n) is 11.5. The topological polar surface area (TPSA) is 90.1 Å². The van der Waals surface area contributed by atoms with Crippen molar-refractivity contribution in [2.45, 2.75) is 19.9 Å². The van der Waals surface area contributed by atoms with Gasteiger partial charge in [-0.15, -0.1) is 0 Å². The maximum Gasteiger partial charge on any atom is 0.338 e. The van der Waals surface area contributed by atoms with Gasteiger partial charge in [0, 0.05) is 0 Å². The van der Waals surface area contributed by atoms with Crippen LogP contribution in [0.4, 0.5) is 0 Å². The largest absolute Gasteiger partial charge is 0.504 e. The average Bonchev–Trinajstić information content (AvgIpc) is 3.18. The molecule has 0 aliphatic carbocycles. The minimum absolute atomic E-state index is 0.0155. The second kappa shape index (κ2) is 9.47. The Balaban J connectivity index is 1.78. The lowest BCUT2D eigenvalue weighted by atomic mass is 9.91. The van der Waals surface area contributed by atoms with Crippen LogP contribution in [0.25, 0.3) is 16.8 Å². The van der Waals surface area contributed by atoms with Crippen LogP contribution in [-0.4, -0.2) is 29.4 Å². The second-order valence-electron chi connectivity index (χ2n) is 8.30. The van der Waals surface area contributed by atoms with Crippen molar-refractivity contribution < 1.29 is 19.4 Å². The zero-order valence-corrected chi connectivity index (χ0v) is 20.8. The van der Waals surface area contributed by atoms with E-state index in [1.54, 1.807) is 36.6 Å². The third kappa shape index (κ3) is 3.99. The van der Waals surface area contributed by atoms with Gasteiger partial charge >= 0.3 is 5.97 Å². The molecule has 2 heterocycles. The number of methoxy groups -OCH3 is 1. The van der Waals surface area contributed by atoms with Crippen molar-refractivity contribution in [3.8, 4) is 11.5 Å². The number of nitrogens with zero attached hydrogens (tertiary/aromatic N) is 2. The number of phenolic OH excluding ortho intramolecular Hbond substituents is 1. The highest BCUT2D eigenvalue weighted by Crippen LogP contribution is 2.35. The number of aromatic hydroxyl groups is 1. The van der Waals surface area contributed by atoms with Crippen molar-refractivity contribution in [3.05, 3.63) is 103 Å². The predicted molar refractivity (Wildman–Crippen MR) is 139 cm³/mol. The number of thiazole rings is 1. The van der Waals surface area contributed by atoms with E-state index in [1.165, 1.54) is 24.5 Å².